The summed E-state index contributed by atoms with van der Waals surface area (Å²) in [6.45, 7) is 0. The first-order chi connectivity index (χ1) is 7.77. The van der Waals surface area contributed by atoms with Crippen LogP contribution in [0.5, 0.6) is 0 Å². The number of hydrogen-bond acceptors (Lipinski definition) is 5. The Morgan fingerprint density at radius 3 is 3.25 bits per heavy atom. The maximum absolute atomic E-state index is 11.1. The van der Waals surface area contributed by atoms with Gasteiger partial charge >= 0.3 is 0 Å². The molecule has 7 heteroatoms. The fourth-order valence-corrected chi connectivity index (χ4v) is 1.71. The Kier molecular flexibility index (Phi) is 3.33. The number of rotatable bonds is 3. The Hall–Kier alpha value is -1.66. The van der Waals surface area contributed by atoms with Crippen molar-refractivity contribution in [2.75, 3.05) is 5.43 Å². The molecule has 0 radical (unpaired) electrons. The molecule has 0 spiro atoms. The lowest BCUT2D eigenvalue weighted by Crippen LogP contribution is -2.09. The molecule has 0 saturated carbocycles. The van der Waals surface area contributed by atoms with Crippen LogP contribution in [0, 0.1) is 0 Å². The lowest BCUT2D eigenvalue weighted by atomic mass is 10.5. The molecule has 0 aromatic carbocycles. The third-order valence-electron chi connectivity index (χ3n) is 1.72. The largest absolute Gasteiger partial charge is 0.285 e. The van der Waals surface area contributed by atoms with E-state index in [9.17, 15) is 4.79 Å². The van der Waals surface area contributed by atoms with Crippen LogP contribution in [-0.2, 0) is 0 Å². The van der Waals surface area contributed by atoms with E-state index in [2.05, 4.69) is 20.7 Å². The van der Waals surface area contributed by atoms with E-state index < -0.39 is 5.56 Å². The van der Waals surface area contributed by atoms with E-state index in [0.29, 0.717) is 5.69 Å². The molecule has 2 N–H and O–H groups in total. The number of H-pyrrole nitrogens is 1. The molecule has 0 saturated heterocycles. The predicted molar refractivity (Wildman–Crippen MR) is 65.4 cm³/mol. The maximum Gasteiger partial charge on any atom is 0.285 e. The van der Waals surface area contributed by atoms with Crippen LogP contribution in [0.3, 0.4) is 0 Å². The number of nitrogens with zero attached hydrogens (tertiary/aromatic N) is 2. The second kappa shape index (κ2) is 4.91. The fourth-order valence-electron chi connectivity index (χ4n) is 0.992. The molecule has 2 heterocycles. The summed E-state index contributed by atoms with van der Waals surface area (Å²) in [5.74, 6) is 0. The van der Waals surface area contributed by atoms with E-state index in [1.54, 1.807) is 17.6 Å². The van der Waals surface area contributed by atoms with Gasteiger partial charge in [0, 0.05) is 4.88 Å². The summed E-state index contributed by atoms with van der Waals surface area (Å²) in [7, 11) is 0. The van der Waals surface area contributed by atoms with Gasteiger partial charge in [0.05, 0.1) is 12.4 Å². The van der Waals surface area contributed by atoms with Gasteiger partial charge in [-0.3, -0.25) is 10.2 Å². The summed E-state index contributed by atoms with van der Waals surface area (Å²) in [5, 5.41) is 11.8. The molecule has 2 aromatic rings. The molecule has 0 amide bonds. The first-order valence-corrected chi connectivity index (χ1v) is 5.59. The number of hydrazone groups is 1. The molecule has 0 aliphatic rings. The lowest BCUT2D eigenvalue weighted by Gasteiger charge is -1.99. The summed E-state index contributed by atoms with van der Waals surface area (Å²) < 4.78 is 0. The SMILES string of the molecule is O=c1[nH]ncc(NN=Cc2cccs2)c1Cl. The van der Waals surface area contributed by atoms with E-state index in [0.717, 1.165) is 4.88 Å². The molecule has 16 heavy (non-hydrogen) atoms. The predicted octanol–water partition coefficient (Wildman–Crippen LogP) is 1.93. The third-order valence-corrected chi connectivity index (χ3v) is 2.90. The standard InChI is InChI=1S/C9H7ClN4OS/c10-8-7(5-12-14-9(8)15)13-11-4-6-2-1-3-16-6/h1-5H,(H2,13,14,15). The highest BCUT2D eigenvalue weighted by atomic mass is 35.5. The van der Waals surface area contributed by atoms with Crippen LogP contribution in [-0.4, -0.2) is 16.4 Å². The molecule has 0 aliphatic carbocycles. The van der Waals surface area contributed by atoms with Gasteiger partial charge in [-0.2, -0.15) is 10.2 Å². The Morgan fingerprint density at radius 2 is 2.50 bits per heavy atom. The van der Waals surface area contributed by atoms with Crippen molar-refractivity contribution in [3.63, 3.8) is 0 Å². The Morgan fingerprint density at radius 1 is 1.62 bits per heavy atom. The Labute approximate surface area is 99.8 Å². The van der Waals surface area contributed by atoms with Gasteiger partial charge in [-0.1, -0.05) is 17.7 Å². The lowest BCUT2D eigenvalue weighted by molar-refractivity contribution is 0.987. The topological polar surface area (TPSA) is 70.1 Å². The van der Waals surface area contributed by atoms with Crippen LogP contribution in [0.15, 0.2) is 33.6 Å². The summed E-state index contributed by atoms with van der Waals surface area (Å²) in [4.78, 5) is 12.1. The minimum atomic E-state index is -0.446. The van der Waals surface area contributed by atoms with Crippen LogP contribution >= 0.6 is 22.9 Å². The Bertz CT molecular complexity index is 549. The van der Waals surface area contributed by atoms with Crippen molar-refractivity contribution in [1.29, 1.82) is 0 Å². The second-order valence-electron chi connectivity index (χ2n) is 2.81. The van der Waals surface area contributed by atoms with Crippen molar-refractivity contribution in [1.82, 2.24) is 10.2 Å². The van der Waals surface area contributed by atoms with E-state index in [1.807, 2.05) is 17.5 Å². The average molecular weight is 255 g/mol. The summed E-state index contributed by atoms with van der Waals surface area (Å²) in [5.41, 5.74) is 2.58. The van der Waals surface area contributed by atoms with E-state index in [4.69, 9.17) is 11.6 Å². The van der Waals surface area contributed by atoms with Gasteiger partial charge in [-0.15, -0.1) is 11.3 Å². The first kappa shape index (κ1) is 10.8. The quantitative estimate of drug-likeness (QED) is 0.650. The molecule has 0 bridgehead atoms. The van der Waals surface area contributed by atoms with Crippen molar-refractivity contribution in [3.8, 4) is 0 Å². The van der Waals surface area contributed by atoms with Crippen molar-refractivity contribution in [3.05, 3.63) is 44.0 Å². The molecule has 0 atom stereocenters. The molecule has 0 unspecified atom stereocenters. The van der Waals surface area contributed by atoms with Crippen molar-refractivity contribution in [2.24, 2.45) is 5.10 Å². The van der Waals surface area contributed by atoms with Crippen LogP contribution in [0.4, 0.5) is 5.69 Å². The average Bonchev–Trinajstić information content (AvgIpc) is 2.77. The molecule has 2 rings (SSSR count). The number of aromatic nitrogens is 2. The van der Waals surface area contributed by atoms with Crippen molar-refractivity contribution in [2.45, 2.75) is 0 Å². The van der Waals surface area contributed by atoms with Crippen LogP contribution in [0.2, 0.25) is 5.02 Å². The Balaban J connectivity index is 2.11. The zero-order valence-electron chi connectivity index (χ0n) is 7.98. The second-order valence-corrected chi connectivity index (χ2v) is 4.17. The highest BCUT2D eigenvalue weighted by molar-refractivity contribution is 7.11. The highest BCUT2D eigenvalue weighted by Gasteiger charge is 2.02. The first-order valence-electron chi connectivity index (χ1n) is 4.33. The monoisotopic (exact) mass is 254 g/mol. The smallest absolute Gasteiger partial charge is 0.275 e. The number of aromatic amines is 1. The van der Waals surface area contributed by atoms with E-state index in [-0.39, 0.29) is 5.02 Å². The van der Waals surface area contributed by atoms with Gasteiger partial charge in [0.1, 0.15) is 10.7 Å². The van der Waals surface area contributed by atoms with Gasteiger partial charge in [0.15, 0.2) is 0 Å². The fraction of sp³-hybridized carbons (Fsp3) is 0. The van der Waals surface area contributed by atoms with Gasteiger partial charge in [-0.05, 0) is 11.4 Å². The zero-order chi connectivity index (χ0) is 11.4. The van der Waals surface area contributed by atoms with Crippen LogP contribution in [0.25, 0.3) is 0 Å². The number of hydrogen-bond donors (Lipinski definition) is 2. The summed E-state index contributed by atoms with van der Waals surface area (Å²) in [6.07, 6.45) is 3.04. The zero-order valence-corrected chi connectivity index (χ0v) is 9.55. The molecule has 5 nitrogen and oxygen atoms in total. The molecule has 82 valence electrons. The minimum absolute atomic E-state index is 0.0401. The van der Waals surface area contributed by atoms with Crippen LogP contribution in [0.1, 0.15) is 4.88 Å². The highest BCUT2D eigenvalue weighted by Crippen LogP contribution is 2.14. The molecule has 0 fully saturated rings. The van der Waals surface area contributed by atoms with Gasteiger partial charge in [-0.25, -0.2) is 5.10 Å². The number of nitrogens with one attached hydrogen (secondary N) is 2. The van der Waals surface area contributed by atoms with E-state index in [1.165, 1.54) is 6.20 Å². The summed E-state index contributed by atoms with van der Waals surface area (Å²) in [6, 6.07) is 3.85. The number of anilines is 1. The molecule has 2 aromatic heterocycles. The molecule has 0 aliphatic heterocycles. The van der Waals surface area contributed by atoms with Gasteiger partial charge in [0.2, 0.25) is 0 Å². The third kappa shape index (κ3) is 2.47. The maximum atomic E-state index is 11.1. The van der Waals surface area contributed by atoms with E-state index >= 15 is 0 Å². The van der Waals surface area contributed by atoms with Gasteiger partial charge < -0.3 is 0 Å². The normalized spacial score (nSPS) is 10.8. The van der Waals surface area contributed by atoms with Crippen molar-refractivity contribution < 1.29 is 0 Å². The minimum Gasteiger partial charge on any atom is -0.275 e. The molecular formula is C9H7ClN4OS. The molecular weight excluding hydrogens is 248 g/mol. The van der Waals surface area contributed by atoms with Gasteiger partial charge in [0.25, 0.3) is 5.56 Å². The summed E-state index contributed by atoms with van der Waals surface area (Å²) >= 11 is 7.30. The number of thiophene rings is 1. The van der Waals surface area contributed by atoms with Crippen LogP contribution < -0.4 is 11.0 Å². The number of halogens is 1. The van der Waals surface area contributed by atoms with Crippen molar-refractivity contribution >= 4 is 34.8 Å².